The smallest absolute Gasteiger partial charge is 0.326 e. The SMILES string of the molecule is Cc1ccc(CC(=O)N2Cc3cc(OCCc4coc(-c5ccccc5)n4)ccc3CC2C(=O)O)cc1. The van der Waals surface area contributed by atoms with Crippen molar-refractivity contribution in [3.8, 4) is 17.2 Å². The van der Waals surface area contributed by atoms with E-state index in [1.165, 1.54) is 4.90 Å². The zero-order valence-corrected chi connectivity index (χ0v) is 20.6. The van der Waals surface area contributed by atoms with Gasteiger partial charge in [-0.1, -0.05) is 54.1 Å². The van der Waals surface area contributed by atoms with Gasteiger partial charge in [0.15, 0.2) is 0 Å². The van der Waals surface area contributed by atoms with Gasteiger partial charge in [0, 0.05) is 24.9 Å². The molecule has 0 bridgehead atoms. The number of carboxylic acid groups (broad SMARTS) is 1. The number of hydrogen-bond acceptors (Lipinski definition) is 5. The van der Waals surface area contributed by atoms with E-state index < -0.39 is 12.0 Å². The number of fused-ring (bicyclic) bond motifs is 1. The highest BCUT2D eigenvalue weighted by atomic mass is 16.5. The van der Waals surface area contributed by atoms with E-state index in [1.54, 1.807) is 6.26 Å². The summed E-state index contributed by atoms with van der Waals surface area (Å²) in [5.74, 6) is 0.0530. The van der Waals surface area contributed by atoms with Gasteiger partial charge in [-0.3, -0.25) is 4.79 Å². The van der Waals surface area contributed by atoms with Crippen LogP contribution in [0.5, 0.6) is 5.75 Å². The van der Waals surface area contributed by atoms with E-state index in [4.69, 9.17) is 9.15 Å². The number of oxazole rings is 1. The number of hydrogen-bond donors (Lipinski definition) is 1. The first kappa shape index (κ1) is 24.3. The lowest BCUT2D eigenvalue weighted by molar-refractivity contribution is -0.151. The van der Waals surface area contributed by atoms with Gasteiger partial charge in [0.05, 0.1) is 18.7 Å². The minimum Gasteiger partial charge on any atom is -0.493 e. The van der Waals surface area contributed by atoms with Gasteiger partial charge in [-0.05, 0) is 47.9 Å². The lowest BCUT2D eigenvalue weighted by Gasteiger charge is -2.34. The van der Waals surface area contributed by atoms with Crippen LogP contribution in [0.1, 0.15) is 27.9 Å². The Hall–Kier alpha value is -4.39. The number of ether oxygens (including phenoxy) is 1. The Labute approximate surface area is 215 Å². The molecular formula is C30H28N2O5. The molecule has 0 spiro atoms. The van der Waals surface area contributed by atoms with E-state index in [0.717, 1.165) is 33.5 Å². The lowest BCUT2D eigenvalue weighted by atomic mass is 9.93. The molecule has 7 heteroatoms. The van der Waals surface area contributed by atoms with Crippen LogP contribution in [-0.4, -0.2) is 39.5 Å². The Kier molecular flexibility index (Phi) is 7.03. The van der Waals surface area contributed by atoms with Crippen LogP contribution in [0.4, 0.5) is 0 Å². The average Bonchev–Trinajstić information content (AvgIpc) is 3.38. The highest BCUT2D eigenvalue weighted by Gasteiger charge is 2.34. The second-order valence-electron chi connectivity index (χ2n) is 9.28. The second kappa shape index (κ2) is 10.7. The molecule has 3 aromatic carbocycles. The van der Waals surface area contributed by atoms with Gasteiger partial charge in [-0.15, -0.1) is 0 Å². The summed E-state index contributed by atoms with van der Waals surface area (Å²) >= 11 is 0. The third-order valence-electron chi connectivity index (χ3n) is 6.59. The molecular weight excluding hydrogens is 468 g/mol. The molecule has 2 heterocycles. The maximum atomic E-state index is 13.1. The predicted molar refractivity (Wildman–Crippen MR) is 138 cm³/mol. The van der Waals surface area contributed by atoms with Crippen molar-refractivity contribution in [2.24, 2.45) is 0 Å². The Morgan fingerprint density at radius 2 is 1.84 bits per heavy atom. The van der Waals surface area contributed by atoms with Crippen LogP contribution in [-0.2, 0) is 35.4 Å². The van der Waals surface area contributed by atoms with Crippen molar-refractivity contribution in [1.29, 1.82) is 0 Å². The van der Waals surface area contributed by atoms with Crippen LogP contribution in [0.2, 0.25) is 0 Å². The van der Waals surface area contributed by atoms with Gasteiger partial charge >= 0.3 is 5.97 Å². The molecule has 0 aliphatic carbocycles. The van der Waals surface area contributed by atoms with Crippen LogP contribution >= 0.6 is 0 Å². The number of nitrogens with zero attached hydrogens (tertiary/aromatic N) is 2. The molecule has 5 rings (SSSR count). The molecule has 1 atom stereocenters. The van der Waals surface area contributed by atoms with Gasteiger partial charge in [0.25, 0.3) is 0 Å². The molecule has 1 aliphatic heterocycles. The molecule has 1 unspecified atom stereocenters. The van der Waals surface area contributed by atoms with Crippen LogP contribution in [0.25, 0.3) is 11.5 Å². The second-order valence-corrected chi connectivity index (χ2v) is 9.28. The zero-order chi connectivity index (χ0) is 25.8. The molecule has 1 N–H and O–H groups in total. The summed E-state index contributed by atoms with van der Waals surface area (Å²) < 4.78 is 11.6. The lowest BCUT2D eigenvalue weighted by Crippen LogP contribution is -2.49. The molecule has 0 radical (unpaired) electrons. The van der Waals surface area contributed by atoms with Crippen LogP contribution < -0.4 is 4.74 Å². The highest BCUT2D eigenvalue weighted by molar-refractivity contribution is 5.86. The molecule has 7 nitrogen and oxygen atoms in total. The minimum atomic E-state index is -0.995. The van der Waals surface area contributed by atoms with Crippen molar-refractivity contribution in [2.45, 2.75) is 38.8 Å². The maximum absolute atomic E-state index is 13.1. The third kappa shape index (κ3) is 5.72. The number of aromatic nitrogens is 1. The minimum absolute atomic E-state index is 0.165. The average molecular weight is 497 g/mol. The largest absolute Gasteiger partial charge is 0.493 e. The summed E-state index contributed by atoms with van der Waals surface area (Å²) in [6.45, 7) is 2.63. The summed E-state index contributed by atoms with van der Waals surface area (Å²) in [5.41, 5.74) is 5.52. The molecule has 0 saturated carbocycles. The van der Waals surface area contributed by atoms with Crippen LogP contribution in [0, 0.1) is 6.92 Å². The van der Waals surface area contributed by atoms with Gasteiger partial charge in [0.1, 0.15) is 18.1 Å². The summed E-state index contributed by atoms with van der Waals surface area (Å²) in [4.78, 5) is 31.1. The summed E-state index contributed by atoms with van der Waals surface area (Å²) in [6.07, 6.45) is 2.65. The van der Waals surface area contributed by atoms with Gasteiger partial charge in [0.2, 0.25) is 11.8 Å². The summed E-state index contributed by atoms with van der Waals surface area (Å²) in [7, 11) is 0. The predicted octanol–water partition coefficient (Wildman–Crippen LogP) is 4.85. The molecule has 188 valence electrons. The number of aryl methyl sites for hydroxylation is 1. The van der Waals surface area contributed by atoms with Gasteiger partial charge in [-0.25, -0.2) is 9.78 Å². The van der Waals surface area contributed by atoms with E-state index in [1.807, 2.05) is 79.7 Å². The van der Waals surface area contributed by atoms with E-state index in [9.17, 15) is 14.7 Å². The fraction of sp³-hybridized carbons (Fsp3) is 0.233. The number of amides is 1. The Balaban J connectivity index is 1.23. The quantitative estimate of drug-likeness (QED) is 0.375. The Bertz CT molecular complexity index is 1400. The van der Waals surface area contributed by atoms with Crippen molar-refractivity contribution in [3.05, 3.63) is 107 Å². The summed E-state index contributed by atoms with van der Waals surface area (Å²) in [6, 6.07) is 22.2. The van der Waals surface area contributed by atoms with Crippen LogP contribution in [0.15, 0.2) is 83.5 Å². The number of aliphatic carboxylic acids is 1. The zero-order valence-electron chi connectivity index (χ0n) is 20.6. The summed E-state index contributed by atoms with van der Waals surface area (Å²) in [5, 5.41) is 9.81. The molecule has 37 heavy (non-hydrogen) atoms. The first-order valence-electron chi connectivity index (χ1n) is 12.3. The molecule has 4 aromatic rings. The first-order valence-corrected chi connectivity index (χ1v) is 12.3. The number of benzene rings is 3. The molecule has 0 fully saturated rings. The van der Waals surface area contributed by atoms with E-state index in [0.29, 0.717) is 24.7 Å². The van der Waals surface area contributed by atoms with Gasteiger partial charge in [-0.2, -0.15) is 0 Å². The fourth-order valence-electron chi connectivity index (χ4n) is 4.52. The van der Waals surface area contributed by atoms with Crippen molar-refractivity contribution >= 4 is 11.9 Å². The Morgan fingerprint density at radius 1 is 1.05 bits per heavy atom. The number of carbonyl (C=O) groups is 2. The molecule has 0 saturated heterocycles. The number of carbonyl (C=O) groups excluding carboxylic acids is 1. The maximum Gasteiger partial charge on any atom is 0.326 e. The highest BCUT2D eigenvalue weighted by Crippen LogP contribution is 2.28. The van der Waals surface area contributed by atoms with E-state index >= 15 is 0 Å². The normalized spacial score (nSPS) is 14.7. The topological polar surface area (TPSA) is 92.9 Å². The first-order chi connectivity index (χ1) is 18.0. The number of rotatable bonds is 8. The standard InChI is InChI=1S/C30H28N2O5/c1-20-7-9-21(10-8-20)15-28(33)32-18-24-16-26(12-11-23(24)17-27(32)30(34)35)36-14-13-25-19-37-29(31-25)22-5-3-2-4-6-22/h2-12,16,19,27H,13-15,17-18H2,1H3,(H,34,35). The van der Waals surface area contributed by atoms with E-state index in [-0.39, 0.29) is 25.3 Å². The van der Waals surface area contributed by atoms with E-state index in [2.05, 4.69) is 4.98 Å². The third-order valence-corrected chi connectivity index (χ3v) is 6.59. The monoisotopic (exact) mass is 496 g/mol. The molecule has 1 aliphatic rings. The Morgan fingerprint density at radius 3 is 2.59 bits per heavy atom. The molecule has 1 amide bonds. The molecule has 1 aromatic heterocycles. The van der Waals surface area contributed by atoms with Crippen molar-refractivity contribution < 1.29 is 23.8 Å². The van der Waals surface area contributed by atoms with Crippen molar-refractivity contribution in [1.82, 2.24) is 9.88 Å². The fourth-order valence-corrected chi connectivity index (χ4v) is 4.52. The number of carboxylic acids is 1. The van der Waals surface area contributed by atoms with Crippen molar-refractivity contribution in [2.75, 3.05) is 6.61 Å². The van der Waals surface area contributed by atoms with Gasteiger partial charge < -0.3 is 19.2 Å². The van der Waals surface area contributed by atoms with Crippen molar-refractivity contribution in [3.63, 3.8) is 0 Å². The van der Waals surface area contributed by atoms with Crippen LogP contribution in [0.3, 0.4) is 0 Å².